The second kappa shape index (κ2) is 6.16. The first-order valence-corrected chi connectivity index (χ1v) is 8.80. The zero-order valence-corrected chi connectivity index (χ0v) is 15.0. The molecule has 1 atom stereocenters. The number of carbonyl (C=O) groups is 2. The quantitative estimate of drug-likeness (QED) is 0.457. The smallest absolute Gasteiger partial charge is 0.311 e. The van der Waals surface area contributed by atoms with Crippen LogP contribution in [-0.4, -0.2) is 11.8 Å². The van der Waals surface area contributed by atoms with Gasteiger partial charge in [0.25, 0.3) is 0 Å². The molecule has 1 aromatic carbocycles. The average Bonchev–Trinajstić information content (AvgIpc) is 3.10. The second-order valence-electron chi connectivity index (χ2n) is 7.25. The molecule has 3 heterocycles. The molecule has 2 aromatic rings. The molecule has 0 fully saturated rings. The van der Waals surface area contributed by atoms with Gasteiger partial charge in [-0.2, -0.15) is 0 Å². The largest absolute Gasteiger partial charge is 0.462 e. The lowest BCUT2D eigenvalue weighted by Crippen LogP contribution is -2.21. The van der Waals surface area contributed by atoms with Gasteiger partial charge in [-0.15, -0.1) is 0 Å². The van der Waals surface area contributed by atoms with Gasteiger partial charge in [0, 0.05) is 17.6 Å². The third kappa shape index (κ3) is 2.83. The van der Waals surface area contributed by atoms with Gasteiger partial charge in [-0.3, -0.25) is 9.59 Å². The lowest BCUT2D eigenvalue weighted by atomic mass is 9.84. The Kier molecular flexibility index (Phi) is 3.94. The maximum absolute atomic E-state index is 12.7. The Morgan fingerprint density at radius 3 is 2.65 bits per heavy atom. The van der Waals surface area contributed by atoms with Crippen molar-refractivity contribution in [3.05, 3.63) is 52.7 Å². The van der Waals surface area contributed by atoms with E-state index in [4.69, 9.17) is 13.9 Å². The molecular weight excluding hydrogens is 332 g/mol. The van der Waals surface area contributed by atoms with Gasteiger partial charge in [0.05, 0.1) is 12.0 Å². The van der Waals surface area contributed by atoms with Gasteiger partial charge in [0.15, 0.2) is 5.76 Å². The van der Waals surface area contributed by atoms with Gasteiger partial charge < -0.3 is 13.9 Å². The van der Waals surface area contributed by atoms with Gasteiger partial charge in [-0.05, 0) is 43.5 Å². The van der Waals surface area contributed by atoms with E-state index in [2.05, 4.69) is 13.8 Å². The number of aryl methyl sites for hydroxylation is 1. The number of furan rings is 1. The molecule has 5 nitrogen and oxygen atoms in total. The van der Waals surface area contributed by atoms with Gasteiger partial charge in [0.1, 0.15) is 23.0 Å². The minimum Gasteiger partial charge on any atom is -0.462 e. The molecule has 1 aromatic heterocycles. The van der Waals surface area contributed by atoms with Crippen molar-refractivity contribution in [2.75, 3.05) is 0 Å². The molecule has 5 heteroatoms. The Morgan fingerprint density at radius 2 is 1.96 bits per heavy atom. The molecule has 0 saturated heterocycles. The number of ketones is 1. The molecule has 26 heavy (non-hydrogen) atoms. The number of Topliss-reactive ketones (excluding diaryl/α,β-unsaturated/α-hetero) is 1. The van der Waals surface area contributed by atoms with E-state index in [0.29, 0.717) is 35.2 Å². The number of rotatable bonds is 3. The van der Waals surface area contributed by atoms with Crippen LogP contribution in [0.4, 0.5) is 0 Å². The first-order valence-electron chi connectivity index (χ1n) is 8.80. The van der Waals surface area contributed by atoms with Gasteiger partial charge in [-0.25, -0.2) is 0 Å². The van der Waals surface area contributed by atoms with Crippen LogP contribution in [0.1, 0.15) is 60.0 Å². The van der Waals surface area contributed by atoms with Crippen LogP contribution in [0.2, 0.25) is 0 Å². The summed E-state index contributed by atoms with van der Waals surface area (Å²) in [5.41, 5.74) is 1.33. The molecule has 0 amide bonds. The highest BCUT2D eigenvalue weighted by Gasteiger charge is 2.38. The summed E-state index contributed by atoms with van der Waals surface area (Å²) in [5, 5.41) is 0. The summed E-state index contributed by atoms with van der Waals surface area (Å²) in [5.74, 6) is 2.54. The predicted octanol–water partition coefficient (Wildman–Crippen LogP) is 4.64. The molecule has 0 saturated carbocycles. The van der Waals surface area contributed by atoms with Gasteiger partial charge in [0.2, 0.25) is 5.78 Å². The molecule has 0 aliphatic carbocycles. The molecular formula is C21H20O5. The lowest BCUT2D eigenvalue weighted by Gasteiger charge is -2.27. The Hall–Kier alpha value is -2.82. The fourth-order valence-electron chi connectivity index (χ4n) is 3.63. The molecule has 0 spiro atoms. The summed E-state index contributed by atoms with van der Waals surface area (Å²) in [4.78, 5) is 24.7. The van der Waals surface area contributed by atoms with Crippen molar-refractivity contribution in [3.63, 3.8) is 0 Å². The summed E-state index contributed by atoms with van der Waals surface area (Å²) in [7, 11) is 0. The molecule has 4 rings (SSSR count). The Bertz CT molecular complexity index is 932. The summed E-state index contributed by atoms with van der Waals surface area (Å²) in [6.07, 6.45) is 2.73. The Balaban J connectivity index is 1.77. The van der Waals surface area contributed by atoms with E-state index in [1.54, 1.807) is 24.3 Å². The molecule has 0 radical (unpaired) electrons. The first kappa shape index (κ1) is 16.6. The minimum absolute atomic E-state index is 0.0146. The van der Waals surface area contributed by atoms with Gasteiger partial charge >= 0.3 is 5.97 Å². The zero-order valence-electron chi connectivity index (χ0n) is 15.0. The highest BCUT2D eigenvalue weighted by Crippen LogP contribution is 2.48. The number of carbonyl (C=O) groups excluding carboxylic acids is 2. The fourth-order valence-corrected chi connectivity index (χ4v) is 3.63. The maximum atomic E-state index is 12.7. The number of benzene rings is 1. The van der Waals surface area contributed by atoms with Crippen LogP contribution in [0.3, 0.4) is 0 Å². The predicted molar refractivity (Wildman–Crippen MR) is 95.3 cm³/mol. The van der Waals surface area contributed by atoms with Crippen molar-refractivity contribution >= 4 is 17.8 Å². The van der Waals surface area contributed by atoms with Crippen molar-refractivity contribution in [1.82, 2.24) is 0 Å². The van der Waals surface area contributed by atoms with Crippen LogP contribution in [0.5, 0.6) is 11.5 Å². The van der Waals surface area contributed by atoms with E-state index in [1.165, 1.54) is 0 Å². The summed E-state index contributed by atoms with van der Waals surface area (Å²) < 4.78 is 16.8. The van der Waals surface area contributed by atoms with Crippen LogP contribution in [0.25, 0.3) is 6.08 Å². The first-order chi connectivity index (χ1) is 12.4. The van der Waals surface area contributed by atoms with Crippen molar-refractivity contribution in [2.24, 2.45) is 5.92 Å². The lowest BCUT2D eigenvalue weighted by molar-refractivity contribution is -0.136. The van der Waals surface area contributed by atoms with E-state index < -0.39 is 0 Å². The third-order valence-corrected chi connectivity index (χ3v) is 4.67. The zero-order chi connectivity index (χ0) is 18.4. The van der Waals surface area contributed by atoms with E-state index in [9.17, 15) is 9.59 Å². The third-order valence-electron chi connectivity index (χ3n) is 4.67. The van der Waals surface area contributed by atoms with E-state index >= 15 is 0 Å². The Morgan fingerprint density at radius 1 is 1.15 bits per heavy atom. The normalized spacial score (nSPS) is 20.2. The topological polar surface area (TPSA) is 65.7 Å². The molecule has 0 N–H and O–H groups in total. The average molecular weight is 352 g/mol. The van der Waals surface area contributed by atoms with Crippen LogP contribution in [-0.2, 0) is 4.79 Å². The Labute approximate surface area is 151 Å². The maximum Gasteiger partial charge on any atom is 0.311 e. The van der Waals surface area contributed by atoms with Crippen LogP contribution in [0.15, 0.2) is 34.4 Å². The van der Waals surface area contributed by atoms with E-state index in [1.807, 2.05) is 13.0 Å². The van der Waals surface area contributed by atoms with Crippen molar-refractivity contribution in [1.29, 1.82) is 0 Å². The van der Waals surface area contributed by atoms with Crippen LogP contribution < -0.4 is 9.47 Å². The summed E-state index contributed by atoms with van der Waals surface area (Å²) >= 11 is 0. The highest BCUT2D eigenvalue weighted by atomic mass is 16.5. The van der Waals surface area contributed by atoms with E-state index in [-0.39, 0.29) is 23.4 Å². The standard InChI is InChI=1S/C21H20O5/c1-11(2)8-13-9-18(22)25-16-7-6-15-20(23)17(26-21(15)19(13)16)10-14-5-4-12(3)24-14/h4-7,10-11,13H,8-9H2,1-3H3/b17-10-/t13-/m0/s1. The number of esters is 1. The number of hydrogen-bond donors (Lipinski definition) is 0. The van der Waals surface area contributed by atoms with Crippen LogP contribution >= 0.6 is 0 Å². The summed E-state index contributed by atoms with van der Waals surface area (Å²) in [6.45, 7) is 6.06. The number of allylic oxidation sites excluding steroid dienone is 1. The van der Waals surface area contributed by atoms with Crippen LogP contribution in [0, 0.1) is 12.8 Å². The second-order valence-corrected chi connectivity index (χ2v) is 7.25. The molecule has 134 valence electrons. The molecule has 2 aliphatic heterocycles. The van der Waals surface area contributed by atoms with Crippen molar-refractivity contribution in [3.8, 4) is 11.5 Å². The van der Waals surface area contributed by atoms with Crippen molar-refractivity contribution in [2.45, 2.75) is 39.5 Å². The number of ether oxygens (including phenoxy) is 2. The summed E-state index contributed by atoms with van der Waals surface area (Å²) in [6, 6.07) is 6.98. The molecule has 0 unspecified atom stereocenters. The number of fused-ring (bicyclic) bond motifs is 3. The van der Waals surface area contributed by atoms with E-state index in [0.717, 1.165) is 17.7 Å². The van der Waals surface area contributed by atoms with Crippen molar-refractivity contribution < 1.29 is 23.5 Å². The highest BCUT2D eigenvalue weighted by molar-refractivity contribution is 6.15. The SMILES string of the molecule is Cc1ccc(/C=C2\Oc3c(ccc4c3[C@@H](CC(C)C)CC(=O)O4)C2=O)o1. The minimum atomic E-state index is -0.241. The fraction of sp³-hybridized carbons (Fsp3) is 0.333. The van der Waals surface area contributed by atoms with Gasteiger partial charge in [-0.1, -0.05) is 13.8 Å². The molecule has 2 aliphatic rings. The molecule has 0 bridgehead atoms. The number of hydrogen-bond acceptors (Lipinski definition) is 5. The monoisotopic (exact) mass is 352 g/mol.